The zero-order chi connectivity index (χ0) is 11.6. The molecule has 0 bridgehead atoms. The number of likely N-dealkylation sites (tertiary alicyclic amines) is 1. The van der Waals surface area contributed by atoms with E-state index in [1.165, 1.54) is 0 Å². The third-order valence-electron chi connectivity index (χ3n) is 3.46. The van der Waals surface area contributed by atoms with Gasteiger partial charge in [-0.1, -0.05) is 0 Å². The van der Waals surface area contributed by atoms with Gasteiger partial charge in [-0.15, -0.1) is 0 Å². The van der Waals surface area contributed by atoms with Gasteiger partial charge >= 0.3 is 0 Å². The Morgan fingerprint density at radius 1 is 1.62 bits per heavy atom. The minimum atomic E-state index is -0.796. The number of piperidine rings is 1. The molecule has 0 saturated carbocycles. The van der Waals surface area contributed by atoms with Crippen LogP contribution in [0.2, 0.25) is 0 Å². The molecule has 5 nitrogen and oxygen atoms in total. The van der Waals surface area contributed by atoms with E-state index in [0.717, 1.165) is 25.9 Å². The van der Waals surface area contributed by atoms with Crippen molar-refractivity contribution in [3.63, 3.8) is 0 Å². The Kier molecular flexibility index (Phi) is 3.47. The SMILES string of the molecule is CN1CCCC(NC(=O)C2(N)CCOC2)C1. The van der Waals surface area contributed by atoms with Gasteiger partial charge in [-0.05, 0) is 32.9 Å². The van der Waals surface area contributed by atoms with Crippen molar-refractivity contribution in [1.82, 2.24) is 10.2 Å². The minimum absolute atomic E-state index is 0.0506. The molecule has 0 aliphatic carbocycles. The molecule has 2 heterocycles. The summed E-state index contributed by atoms with van der Waals surface area (Å²) < 4.78 is 5.20. The van der Waals surface area contributed by atoms with Crippen molar-refractivity contribution in [2.24, 2.45) is 5.73 Å². The van der Waals surface area contributed by atoms with Crippen LogP contribution < -0.4 is 11.1 Å². The summed E-state index contributed by atoms with van der Waals surface area (Å²) in [4.78, 5) is 14.2. The highest BCUT2D eigenvalue weighted by Crippen LogP contribution is 2.17. The fraction of sp³-hybridized carbons (Fsp3) is 0.909. The molecule has 1 amide bonds. The van der Waals surface area contributed by atoms with Gasteiger partial charge in [-0.25, -0.2) is 0 Å². The predicted molar refractivity (Wildman–Crippen MR) is 61.0 cm³/mol. The second-order valence-electron chi connectivity index (χ2n) is 5.03. The first kappa shape index (κ1) is 11.8. The Hall–Kier alpha value is -0.650. The van der Waals surface area contributed by atoms with Gasteiger partial charge in [0.25, 0.3) is 0 Å². The van der Waals surface area contributed by atoms with Gasteiger partial charge in [0.15, 0.2) is 0 Å². The van der Waals surface area contributed by atoms with Crippen molar-refractivity contribution in [2.75, 3.05) is 33.4 Å². The standard InChI is InChI=1S/C11H21N3O2/c1-14-5-2-3-9(7-14)13-10(15)11(12)4-6-16-8-11/h9H,2-8,12H2,1H3,(H,13,15). The van der Waals surface area contributed by atoms with Gasteiger partial charge in [0, 0.05) is 19.2 Å². The lowest BCUT2D eigenvalue weighted by molar-refractivity contribution is -0.127. The number of nitrogens with two attached hydrogens (primary N) is 1. The summed E-state index contributed by atoms with van der Waals surface area (Å²) in [6, 6.07) is 0.243. The van der Waals surface area contributed by atoms with Gasteiger partial charge in [0.2, 0.25) is 5.91 Å². The van der Waals surface area contributed by atoms with Gasteiger partial charge < -0.3 is 20.7 Å². The van der Waals surface area contributed by atoms with Crippen molar-refractivity contribution in [1.29, 1.82) is 0 Å². The molecule has 0 aromatic carbocycles. The molecule has 2 fully saturated rings. The molecule has 0 spiro atoms. The molecule has 2 aliphatic heterocycles. The van der Waals surface area contributed by atoms with Crippen molar-refractivity contribution in [3.05, 3.63) is 0 Å². The van der Waals surface area contributed by atoms with Crippen LogP contribution in [0.4, 0.5) is 0 Å². The molecule has 2 unspecified atom stereocenters. The van der Waals surface area contributed by atoms with Crippen LogP contribution in [-0.4, -0.2) is 55.7 Å². The molecule has 16 heavy (non-hydrogen) atoms. The summed E-state index contributed by atoms with van der Waals surface area (Å²) in [6.07, 6.45) is 2.81. The quantitative estimate of drug-likeness (QED) is 0.655. The lowest BCUT2D eigenvalue weighted by atomic mass is 9.97. The number of amides is 1. The van der Waals surface area contributed by atoms with Crippen molar-refractivity contribution in [3.8, 4) is 0 Å². The Balaban J connectivity index is 1.86. The minimum Gasteiger partial charge on any atom is -0.379 e. The first-order valence-electron chi connectivity index (χ1n) is 5.96. The number of likely N-dealkylation sites (N-methyl/N-ethyl adjacent to an activating group) is 1. The van der Waals surface area contributed by atoms with Crippen LogP contribution >= 0.6 is 0 Å². The largest absolute Gasteiger partial charge is 0.379 e. The van der Waals surface area contributed by atoms with Crippen LogP contribution in [0.25, 0.3) is 0 Å². The van der Waals surface area contributed by atoms with Crippen molar-refractivity contribution >= 4 is 5.91 Å². The van der Waals surface area contributed by atoms with Crippen LogP contribution in [0, 0.1) is 0 Å². The number of rotatable bonds is 2. The number of hydrogen-bond acceptors (Lipinski definition) is 4. The third-order valence-corrected chi connectivity index (χ3v) is 3.46. The van der Waals surface area contributed by atoms with E-state index in [2.05, 4.69) is 17.3 Å². The summed E-state index contributed by atoms with van der Waals surface area (Å²) in [5.74, 6) is -0.0506. The maximum atomic E-state index is 12.0. The average Bonchev–Trinajstić information content (AvgIpc) is 2.66. The smallest absolute Gasteiger partial charge is 0.242 e. The maximum Gasteiger partial charge on any atom is 0.242 e. The summed E-state index contributed by atoms with van der Waals surface area (Å²) in [6.45, 7) is 2.97. The topological polar surface area (TPSA) is 67.6 Å². The summed E-state index contributed by atoms with van der Waals surface area (Å²) >= 11 is 0. The van der Waals surface area contributed by atoms with E-state index in [4.69, 9.17) is 10.5 Å². The van der Waals surface area contributed by atoms with E-state index >= 15 is 0 Å². The fourth-order valence-corrected chi connectivity index (χ4v) is 2.37. The van der Waals surface area contributed by atoms with Crippen LogP contribution in [-0.2, 0) is 9.53 Å². The van der Waals surface area contributed by atoms with Crippen LogP contribution in [0.15, 0.2) is 0 Å². The van der Waals surface area contributed by atoms with Crippen LogP contribution in [0.1, 0.15) is 19.3 Å². The molecular weight excluding hydrogens is 206 g/mol. The molecule has 2 saturated heterocycles. The van der Waals surface area contributed by atoms with E-state index in [0.29, 0.717) is 19.6 Å². The van der Waals surface area contributed by atoms with Crippen molar-refractivity contribution < 1.29 is 9.53 Å². The molecule has 0 aromatic rings. The molecule has 2 rings (SSSR count). The zero-order valence-electron chi connectivity index (χ0n) is 9.87. The second-order valence-corrected chi connectivity index (χ2v) is 5.03. The number of carbonyl (C=O) groups is 1. The Bertz CT molecular complexity index is 264. The van der Waals surface area contributed by atoms with E-state index in [-0.39, 0.29) is 11.9 Å². The Morgan fingerprint density at radius 2 is 2.44 bits per heavy atom. The maximum absolute atomic E-state index is 12.0. The van der Waals surface area contributed by atoms with E-state index in [9.17, 15) is 4.79 Å². The number of carbonyl (C=O) groups excluding carboxylic acids is 1. The monoisotopic (exact) mass is 227 g/mol. The number of ether oxygens (including phenoxy) is 1. The molecular formula is C11H21N3O2. The molecule has 2 aliphatic rings. The second kappa shape index (κ2) is 4.69. The van der Waals surface area contributed by atoms with Gasteiger partial charge in [-0.2, -0.15) is 0 Å². The molecule has 5 heteroatoms. The van der Waals surface area contributed by atoms with Gasteiger partial charge in [0.1, 0.15) is 5.54 Å². The van der Waals surface area contributed by atoms with E-state index in [1.807, 2.05) is 0 Å². The third kappa shape index (κ3) is 2.53. The molecule has 0 aromatic heterocycles. The molecule has 92 valence electrons. The fourth-order valence-electron chi connectivity index (χ4n) is 2.37. The van der Waals surface area contributed by atoms with Gasteiger partial charge in [-0.3, -0.25) is 4.79 Å². The molecule has 3 N–H and O–H groups in total. The summed E-state index contributed by atoms with van der Waals surface area (Å²) in [5, 5.41) is 3.05. The Labute approximate surface area is 96.3 Å². The highest BCUT2D eigenvalue weighted by Gasteiger charge is 2.39. The Morgan fingerprint density at radius 3 is 3.06 bits per heavy atom. The van der Waals surface area contributed by atoms with E-state index in [1.54, 1.807) is 0 Å². The first-order chi connectivity index (χ1) is 7.60. The van der Waals surface area contributed by atoms with Crippen molar-refractivity contribution in [2.45, 2.75) is 30.8 Å². The number of nitrogens with zero attached hydrogens (tertiary/aromatic N) is 1. The highest BCUT2D eigenvalue weighted by atomic mass is 16.5. The normalized spacial score (nSPS) is 36.2. The average molecular weight is 227 g/mol. The highest BCUT2D eigenvalue weighted by molar-refractivity contribution is 5.86. The summed E-state index contributed by atoms with van der Waals surface area (Å²) in [5.41, 5.74) is 5.21. The predicted octanol–water partition coefficient (Wildman–Crippen LogP) is -0.685. The lowest BCUT2D eigenvalue weighted by Crippen LogP contribution is -2.58. The number of nitrogens with one attached hydrogen (secondary N) is 1. The summed E-state index contributed by atoms with van der Waals surface area (Å²) in [7, 11) is 2.08. The lowest BCUT2D eigenvalue weighted by Gasteiger charge is -2.32. The molecule has 2 atom stereocenters. The van der Waals surface area contributed by atoms with Gasteiger partial charge in [0.05, 0.1) is 6.61 Å². The first-order valence-corrected chi connectivity index (χ1v) is 5.96. The molecule has 0 radical (unpaired) electrons. The van der Waals surface area contributed by atoms with Crippen LogP contribution in [0.3, 0.4) is 0 Å². The zero-order valence-corrected chi connectivity index (χ0v) is 9.87. The van der Waals surface area contributed by atoms with Crippen LogP contribution in [0.5, 0.6) is 0 Å². The number of hydrogen-bond donors (Lipinski definition) is 2. The van der Waals surface area contributed by atoms with E-state index < -0.39 is 5.54 Å².